The van der Waals surface area contributed by atoms with E-state index in [0.717, 1.165) is 43.2 Å². The molecule has 5 N–H and O–H groups in total. The molecule has 0 radical (unpaired) electrons. The van der Waals surface area contributed by atoms with Gasteiger partial charge in [0.1, 0.15) is 11.6 Å². The lowest BCUT2D eigenvalue weighted by molar-refractivity contribution is 0.0718. The molecule has 2 aromatic heterocycles. The van der Waals surface area contributed by atoms with E-state index in [4.69, 9.17) is 17.3 Å². The number of benzene rings is 4. The number of nitrogens with two attached hydrogens (primary N) is 1. The minimum Gasteiger partial charge on any atom is -0.392 e. The summed E-state index contributed by atoms with van der Waals surface area (Å²) < 4.78 is 33.2. The lowest BCUT2D eigenvalue weighted by atomic mass is 9.82. The van der Waals surface area contributed by atoms with Crippen LogP contribution in [0.5, 0.6) is 0 Å². The second-order valence-corrected chi connectivity index (χ2v) is 15.4. The van der Waals surface area contributed by atoms with Crippen molar-refractivity contribution in [3.63, 3.8) is 0 Å². The van der Waals surface area contributed by atoms with Crippen LogP contribution in [-0.4, -0.2) is 49.4 Å². The summed E-state index contributed by atoms with van der Waals surface area (Å²) in [6.07, 6.45) is 7.03. The molecule has 12 heteroatoms. The van der Waals surface area contributed by atoms with Gasteiger partial charge in [-0.1, -0.05) is 73.7 Å². The summed E-state index contributed by atoms with van der Waals surface area (Å²) in [4.78, 5) is 25.3. The quantitative estimate of drug-likeness (QED) is 0.123. The maximum atomic E-state index is 14.8. The average molecular weight is 792 g/mol. The van der Waals surface area contributed by atoms with Crippen molar-refractivity contribution in [2.24, 2.45) is 5.73 Å². The van der Waals surface area contributed by atoms with Crippen molar-refractivity contribution in [3.05, 3.63) is 141 Å². The van der Waals surface area contributed by atoms with Gasteiger partial charge in [-0.3, -0.25) is 9.59 Å². The van der Waals surface area contributed by atoms with E-state index in [0.29, 0.717) is 65.1 Å². The lowest BCUT2D eigenvalue weighted by Gasteiger charge is -2.29. The fraction of sp³-hybridized carbons (Fsp3) is 0.311. The number of aliphatic hydroxyl groups excluding tert-OH is 2. The summed E-state index contributed by atoms with van der Waals surface area (Å²) in [6, 6.07) is 25.9. The van der Waals surface area contributed by atoms with Crippen LogP contribution < -0.4 is 11.1 Å². The smallest absolute Gasteiger partial charge is 0.253 e. The van der Waals surface area contributed by atoms with Crippen molar-refractivity contribution in [1.82, 2.24) is 14.5 Å². The second-order valence-electron chi connectivity index (χ2n) is 15.0. The first-order chi connectivity index (χ1) is 27.5. The zero-order valence-electron chi connectivity index (χ0n) is 31.3. The number of halogens is 3. The number of aliphatic hydroxyl groups is 2. The van der Waals surface area contributed by atoms with Gasteiger partial charge in [-0.15, -0.1) is 0 Å². The fourth-order valence-corrected chi connectivity index (χ4v) is 8.72. The normalized spacial score (nSPS) is 19.4. The molecular formula is C45H44ClF2N5O4. The highest BCUT2D eigenvalue weighted by Gasteiger charge is 2.34. The van der Waals surface area contributed by atoms with Crippen molar-refractivity contribution in [1.29, 1.82) is 5.26 Å². The van der Waals surface area contributed by atoms with Gasteiger partial charge in [0.15, 0.2) is 0 Å². The molecule has 2 heterocycles. The monoisotopic (exact) mass is 791 g/mol. The summed E-state index contributed by atoms with van der Waals surface area (Å²) >= 11 is 6.08. The van der Waals surface area contributed by atoms with Crippen molar-refractivity contribution in [2.45, 2.75) is 88.6 Å². The maximum Gasteiger partial charge on any atom is 0.253 e. The highest BCUT2D eigenvalue weighted by atomic mass is 35.5. The topological polar surface area (TPSA) is 146 Å². The summed E-state index contributed by atoms with van der Waals surface area (Å²) in [5, 5.41) is 34.1. The Morgan fingerprint density at radius 2 is 1.44 bits per heavy atom. The van der Waals surface area contributed by atoms with E-state index < -0.39 is 29.7 Å². The minimum atomic E-state index is -0.697. The molecular weight excluding hydrogens is 748 g/mol. The van der Waals surface area contributed by atoms with E-state index in [1.807, 2.05) is 33.4 Å². The Labute approximate surface area is 334 Å². The van der Waals surface area contributed by atoms with Crippen molar-refractivity contribution in [3.8, 4) is 6.07 Å². The van der Waals surface area contributed by atoms with E-state index in [-0.39, 0.29) is 34.4 Å². The van der Waals surface area contributed by atoms with Crippen molar-refractivity contribution >= 4 is 45.2 Å². The molecule has 4 aromatic carbocycles. The predicted octanol–water partition coefficient (Wildman–Crippen LogP) is 8.33. The Morgan fingerprint density at radius 3 is 2.12 bits per heavy atom. The summed E-state index contributed by atoms with van der Waals surface area (Å²) in [6.45, 7) is 0.821. The number of hydrogen-bond acceptors (Lipinski definition) is 5. The standard InChI is InChI=1S/C23H22FN3O2.C22H22ClFN2O2/c24-17-8-4-9-18-20(17)21(23(26)29)22(16-7-1-2-10-19(16)28)27(18)13-15-6-3-5-14(11-15)12-25;23-15-6-3-5-14(11-15)12-26-13-16(21-17(24)7-4-9-19(21)26)22(28)25-18-8-1-2-10-20(18)27/h3-6,8-9,11,16,19,28H,1-2,7,10,13H2,(H2,26,29);3-7,9,11,13,18,20,27H,1-2,8,10,12H2,(H,25,28)/t16-,19+;18-,20-/m10/s1. The SMILES string of the molecule is N#Cc1cccc(Cn2c([C@@H]3CCCC[C@@H]3O)c(C(N)=O)c3c(F)cccc32)c1.O=C(N[C@H]1CCCC[C@@H]1O)c1cn(Cc2cccc(Cl)c2)c2cccc(F)c12. The number of amides is 2. The van der Waals surface area contributed by atoms with E-state index in [1.54, 1.807) is 54.7 Å². The first-order valence-electron chi connectivity index (χ1n) is 19.3. The Kier molecular flexibility index (Phi) is 12.0. The Morgan fingerprint density at radius 1 is 0.807 bits per heavy atom. The van der Waals surface area contributed by atoms with Gasteiger partial charge in [0.25, 0.3) is 11.8 Å². The van der Waals surface area contributed by atoms with Gasteiger partial charge in [0.05, 0.1) is 52.0 Å². The largest absolute Gasteiger partial charge is 0.392 e. The van der Waals surface area contributed by atoms with Gasteiger partial charge in [-0.2, -0.15) is 5.26 Å². The predicted molar refractivity (Wildman–Crippen MR) is 216 cm³/mol. The number of hydrogen-bond donors (Lipinski definition) is 4. The van der Waals surface area contributed by atoms with E-state index >= 15 is 0 Å². The highest BCUT2D eigenvalue weighted by Crippen LogP contribution is 2.40. The van der Waals surface area contributed by atoms with Gasteiger partial charge in [0, 0.05) is 46.7 Å². The van der Waals surface area contributed by atoms with Crippen LogP contribution in [-0.2, 0) is 13.1 Å². The number of rotatable bonds is 8. The second kappa shape index (κ2) is 17.3. The van der Waals surface area contributed by atoms with Gasteiger partial charge in [-0.25, -0.2) is 8.78 Å². The highest BCUT2D eigenvalue weighted by molar-refractivity contribution is 6.30. The molecule has 2 aliphatic rings. The number of carbonyl (C=O) groups excluding carboxylic acids is 2. The molecule has 6 aromatic rings. The molecule has 0 unspecified atom stereocenters. The van der Waals surface area contributed by atoms with Crippen molar-refractivity contribution < 1.29 is 28.6 Å². The summed E-state index contributed by atoms with van der Waals surface area (Å²) in [5.74, 6) is -2.29. The van der Waals surface area contributed by atoms with Crippen LogP contribution in [0.4, 0.5) is 8.78 Å². The van der Waals surface area contributed by atoms with Crippen LogP contribution in [0.1, 0.15) is 100 Å². The Hall–Kier alpha value is -5.54. The number of carbonyl (C=O) groups is 2. The molecule has 0 bridgehead atoms. The number of nitrogens with zero attached hydrogens (tertiary/aromatic N) is 3. The number of nitrogens with one attached hydrogen (secondary N) is 1. The van der Waals surface area contributed by atoms with E-state index in [2.05, 4.69) is 11.4 Å². The summed E-state index contributed by atoms with van der Waals surface area (Å²) in [7, 11) is 0. The molecule has 2 fully saturated rings. The first kappa shape index (κ1) is 39.7. The zero-order chi connectivity index (χ0) is 40.2. The molecule has 2 saturated carbocycles. The fourth-order valence-electron chi connectivity index (χ4n) is 8.50. The van der Waals surface area contributed by atoms with Gasteiger partial charge in [0.2, 0.25) is 0 Å². The van der Waals surface area contributed by atoms with Crippen LogP contribution in [0.25, 0.3) is 21.8 Å². The zero-order valence-corrected chi connectivity index (χ0v) is 32.1. The Bertz CT molecular complexity index is 2490. The maximum absolute atomic E-state index is 14.8. The molecule has 4 atom stereocenters. The number of nitriles is 1. The molecule has 294 valence electrons. The molecule has 0 aliphatic heterocycles. The number of primary amides is 1. The number of aromatic nitrogens is 2. The molecule has 8 rings (SSSR count). The lowest BCUT2D eigenvalue weighted by Crippen LogP contribution is -2.45. The molecule has 0 saturated heterocycles. The Balaban J connectivity index is 0.000000174. The van der Waals surface area contributed by atoms with Crippen LogP contribution >= 0.6 is 11.6 Å². The van der Waals surface area contributed by atoms with Gasteiger partial charge < -0.3 is 30.4 Å². The third-order valence-corrected chi connectivity index (χ3v) is 11.4. The third-order valence-electron chi connectivity index (χ3n) is 11.2. The van der Waals surface area contributed by atoms with Crippen LogP contribution in [0.15, 0.2) is 91.1 Å². The van der Waals surface area contributed by atoms with Crippen LogP contribution in [0.3, 0.4) is 0 Å². The molecule has 0 spiro atoms. The molecule has 57 heavy (non-hydrogen) atoms. The van der Waals surface area contributed by atoms with Gasteiger partial charge in [-0.05, 0) is 85.3 Å². The van der Waals surface area contributed by atoms with E-state index in [1.165, 1.54) is 12.1 Å². The molecule has 2 aliphatic carbocycles. The first-order valence-corrected chi connectivity index (χ1v) is 19.7. The molecule has 2 amide bonds. The minimum absolute atomic E-state index is 0.153. The van der Waals surface area contributed by atoms with Gasteiger partial charge >= 0.3 is 0 Å². The van der Waals surface area contributed by atoms with Crippen molar-refractivity contribution in [2.75, 3.05) is 0 Å². The third kappa shape index (κ3) is 8.44. The van der Waals surface area contributed by atoms with Crippen LogP contribution in [0.2, 0.25) is 5.02 Å². The van der Waals surface area contributed by atoms with Crippen LogP contribution in [0, 0.1) is 23.0 Å². The van der Waals surface area contributed by atoms with E-state index in [9.17, 15) is 33.8 Å². The molecule has 9 nitrogen and oxygen atoms in total. The summed E-state index contributed by atoms with van der Waals surface area (Å²) in [5.41, 5.74) is 10.3. The number of fused-ring (bicyclic) bond motifs is 2. The average Bonchev–Trinajstić information content (AvgIpc) is 3.73.